The normalized spacial score (nSPS) is 13.5. The lowest BCUT2D eigenvalue weighted by Crippen LogP contribution is -2.07. The van der Waals surface area contributed by atoms with Gasteiger partial charge in [0.2, 0.25) is 0 Å². The van der Waals surface area contributed by atoms with E-state index >= 15 is 0 Å². The predicted molar refractivity (Wildman–Crippen MR) is 78.9 cm³/mol. The van der Waals surface area contributed by atoms with E-state index in [1.165, 1.54) is 6.26 Å². The van der Waals surface area contributed by atoms with Gasteiger partial charge in [-0.15, -0.1) is 0 Å². The molecule has 1 atom stereocenters. The van der Waals surface area contributed by atoms with Crippen LogP contribution in [0.1, 0.15) is 11.1 Å². The Morgan fingerprint density at radius 2 is 2.05 bits per heavy atom. The Morgan fingerprint density at radius 1 is 1.25 bits per heavy atom. The fourth-order valence-corrected chi connectivity index (χ4v) is 2.98. The van der Waals surface area contributed by atoms with Gasteiger partial charge in [0.25, 0.3) is 5.91 Å². The standard InChI is InChI=1S/C15H16N2O2S/c1-12-6-5-7-13(10-12)11-14(18)17-20(2,19)15-8-3-4-9-16-15/h3-10H,11H2,1-2H3. The maximum absolute atomic E-state index is 12.4. The van der Waals surface area contributed by atoms with Crippen molar-refractivity contribution in [3.63, 3.8) is 0 Å². The molecule has 1 aromatic carbocycles. The molecule has 0 radical (unpaired) electrons. The first-order valence-electron chi connectivity index (χ1n) is 6.19. The third-order valence-electron chi connectivity index (χ3n) is 2.74. The van der Waals surface area contributed by atoms with Gasteiger partial charge < -0.3 is 0 Å². The Labute approximate surface area is 119 Å². The fourth-order valence-electron chi connectivity index (χ4n) is 1.84. The summed E-state index contributed by atoms with van der Waals surface area (Å²) in [6.07, 6.45) is 3.13. The number of nitrogens with zero attached hydrogens (tertiary/aromatic N) is 2. The molecule has 0 bridgehead atoms. The molecule has 0 aliphatic carbocycles. The maximum Gasteiger partial charge on any atom is 0.258 e. The molecular formula is C15H16N2O2S. The molecule has 1 heterocycles. The van der Waals surface area contributed by atoms with Gasteiger partial charge >= 0.3 is 0 Å². The molecule has 0 aliphatic rings. The van der Waals surface area contributed by atoms with Gasteiger partial charge in [-0.25, -0.2) is 9.19 Å². The van der Waals surface area contributed by atoms with Crippen LogP contribution in [0.5, 0.6) is 0 Å². The third kappa shape index (κ3) is 3.74. The second kappa shape index (κ2) is 5.96. The summed E-state index contributed by atoms with van der Waals surface area (Å²) < 4.78 is 16.2. The van der Waals surface area contributed by atoms with E-state index in [2.05, 4.69) is 9.35 Å². The summed E-state index contributed by atoms with van der Waals surface area (Å²) in [6.45, 7) is 1.96. The summed E-state index contributed by atoms with van der Waals surface area (Å²) in [4.78, 5) is 15.9. The van der Waals surface area contributed by atoms with E-state index in [9.17, 15) is 9.00 Å². The summed E-state index contributed by atoms with van der Waals surface area (Å²) in [6, 6.07) is 12.7. The number of rotatable bonds is 3. The van der Waals surface area contributed by atoms with E-state index in [0.29, 0.717) is 5.03 Å². The second-order valence-electron chi connectivity index (χ2n) is 4.62. The van der Waals surface area contributed by atoms with Gasteiger partial charge in [-0.05, 0) is 24.6 Å². The first-order chi connectivity index (χ1) is 9.47. The number of carbonyl (C=O) groups is 1. The van der Waals surface area contributed by atoms with Crippen molar-refractivity contribution in [3.8, 4) is 0 Å². The van der Waals surface area contributed by atoms with Crippen LogP contribution in [-0.2, 0) is 20.9 Å². The maximum atomic E-state index is 12.4. The molecule has 4 nitrogen and oxygen atoms in total. The number of amides is 1. The van der Waals surface area contributed by atoms with Gasteiger partial charge in [-0.1, -0.05) is 35.9 Å². The highest BCUT2D eigenvalue weighted by Gasteiger charge is 2.10. The quantitative estimate of drug-likeness (QED) is 0.872. The summed E-state index contributed by atoms with van der Waals surface area (Å²) >= 11 is 0. The minimum Gasteiger partial charge on any atom is -0.272 e. The average molecular weight is 288 g/mol. The van der Waals surface area contributed by atoms with Gasteiger partial charge in [0.1, 0.15) is 5.03 Å². The zero-order valence-electron chi connectivity index (χ0n) is 11.4. The Bertz CT molecular complexity index is 733. The Morgan fingerprint density at radius 3 is 2.70 bits per heavy atom. The van der Waals surface area contributed by atoms with E-state index < -0.39 is 15.6 Å². The molecule has 0 saturated carbocycles. The van der Waals surface area contributed by atoms with Crippen LogP contribution >= 0.6 is 0 Å². The molecule has 1 aromatic heterocycles. The largest absolute Gasteiger partial charge is 0.272 e. The van der Waals surface area contributed by atoms with Crippen molar-refractivity contribution in [2.75, 3.05) is 6.26 Å². The first-order valence-corrected chi connectivity index (χ1v) is 8.11. The third-order valence-corrected chi connectivity index (χ3v) is 4.31. The molecule has 1 unspecified atom stereocenters. The molecule has 2 rings (SSSR count). The number of aryl methyl sites for hydroxylation is 1. The van der Waals surface area contributed by atoms with E-state index in [-0.39, 0.29) is 6.42 Å². The number of aromatic nitrogens is 1. The molecule has 2 aromatic rings. The highest BCUT2D eigenvalue weighted by Crippen LogP contribution is 2.10. The van der Waals surface area contributed by atoms with Crippen LogP contribution in [0.15, 0.2) is 58.1 Å². The zero-order valence-corrected chi connectivity index (χ0v) is 12.3. The van der Waals surface area contributed by atoms with Crippen molar-refractivity contribution in [3.05, 3.63) is 59.8 Å². The highest BCUT2D eigenvalue weighted by molar-refractivity contribution is 7.93. The summed E-state index contributed by atoms with van der Waals surface area (Å²) in [5, 5.41) is 0.331. The smallest absolute Gasteiger partial charge is 0.258 e. The van der Waals surface area contributed by atoms with E-state index in [1.807, 2.05) is 31.2 Å². The molecule has 0 fully saturated rings. The van der Waals surface area contributed by atoms with Crippen LogP contribution in [0.25, 0.3) is 0 Å². The van der Waals surface area contributed by atoms with E-state index in [4.69, 9.17) is 0 Å². The number of pyridine rings is 1. The van der Waals surface area contributed by atoms with Gasteiger partial charge in [0.15, 0.2) is 0 Å². The average Bonchev–Trinajstić information content (AvgIpc) is 2.39. The van der Waals surface area contributed by atoms with Crippen LogP contribution in [-0.4, -0.2) is 21.4 Å². The molecule has 104 valence electrons. The van der Waals surface area contributed by atoms with Crippen molar-refractivity contribution in [2.45, 2.75) is 18.4 Å². The van der Waals surface area contributed by atoms with E-state index in [0.717, 1.165) is 11.1 Å². The van der Waals surface area contributed by atoms with Gasteiger partial charge in [0.05, 0.1) is 16.1 Å². The lowest BCUT2D eigenvalue weighted by Gasteiger charge is -2.03. The highest BCUT2D eigenvalue weighted by atomic mass is 32.2. The Hall–Kier alpha value is -2.01. The molecule has 5 heteroatoms. The molecular weight excluding hydrogens is 272 g/mol. The molecule has 20 heavy (non-hydrogen) atoms. The fraction of sp³-hybridized carbons (Fsp3) is 0.200. The number of carbonyl (C=O) groups excluding carboxylic acids is 1. The van der Waals surface area contributed by atoms with Crippen molar-refractivity contribution < 1.29 is 9.00 Å². The Balaban J connectivity index is 2.22. The second-order valence-corrected chi connectivity index (χ2v) is 6.83. The van der Waals surface area contributed by atoms with Crippen molar-refractivity contribution in [1.29, 1.82) is 0 Å². The van der Waals surface area contributed by atoms with Crippen molar-refractivity contribution in [1.82, 2.24) is 4.98 Å². The van der Waals surface area contributed by atoms with Crippen LogP contribution in [0.2, 0.25) is 0 Å². The lowest BCUT2D eigenvalue weighted by molar-refractivity contribution is -0.117. The molecule has 1 amide bonds. The van der Waals surface area contributed by atoms with Gasteiger partial charge in [0, 0.05) is 12.5 Å². The molecule has 0 spiro atoms. The zero-order chi connectivity index (χ0) is 14.6. The van der Waals surface area contributed by atoms with Crippen molar-refractivity contribution in [2.24, 2.45) is 4.36 Å². The van der Waals surface area contributed by atoms with Crippen LogP contribution in [0.3, 0.4) is 0 Å². The SMILES string of the molecule is Cc1cccc(CC(=O)N=S(C)(=O)c2ccccn2)c1. The van der Waals surface area contributed by atoms with Gasteiger partial charge in [-0.3, -0.25) is 4.79 Å². The number of hydrogen-bond acceptors (Lipinski definition) is 3. The van der Waals surface area contributed by atoms with Crippen LogP contribution in [0.4, 0.5) is 0 Å². The monoisotopic (exact) mass is 288 g/mol. The first kappa shape index (κ1) is 14.4. The predicted octanol–water partition coefficient (Wildman–Crippen LogP) is 2.62. The van der Waals surface area contributed by atoms with Crippen LogP contribution < -0.4 is 0 Å². The number of benzene rings is 1. The summed E-state index contributed by atoms with van der Waals surface area (Å²) in [5.41, 5.74) is 1.95. The molecule has 0 aliphatic heterocycles. The minimum atomic E-state index is -2.78. The minimum absolute atomic E-state index is 0.152. The number of hydrogen-bond donors (Lipinski definition) is 0. The summed E-state index contributed by atoms with van der Waals surface area (Å²) in [5.74, 6) is -0.395. The molecule has 0 N–H and O–H groups in total. The summed E-state index contributed by atoms with van der Waals surface area (Å²) in [7, 11) is -2.78. The van der Waals surface area contributed by atoms with E-state index in [1.54, 1.807) is 24.4 Å². The van der Waals surface area contributed by atoms with Gasteiger partial charge in [-0.2, -0.15) is 4.36 Å². The van der Waals surface area contributed by atoms with Crippen LogP contribution in [0, 0.1) is 6.92 Å². The van der Waals surface area contributed by atoms with Crippen molar-refractivity contribution >= 4 is 15.6 Å². The molecule has 0 saturated heterocycles. The Kier molecular flexibility index (Phi) is 4.29. The topological polar surface area (TPSA) is 59.4 Å². The lowest BCUT2D eigenvalue weighted by atomic mass is 10.1.